The maximum Gasteiger partial charge on any atom is 0.416 e. The molecule has 0 bridgehead atoms. The minimum Gasteiger partial charge on any atom is -0.363 e. The maximum absolute atomic E-state index is 12.3. The second kappa shape index (κ2) is 4.37. The molecular weight excluding hydrogens is 267 g/mol. The van der Waals surface area contributed by atoms with Crippen molar-refractivity contribution < 1.29 is 18.0 Å². The number of halogens is 3. The highest BCUT2D eigenvalue weighted by molar-refractivity contribution is 7.16. The van der Waals surface area contributed by atoms with Crippen molar-refractivity contribution in [1.82, 2.24) is 10.2 Å². The van der Waals surface area contributed by atoms with Crippen LogP contribution in [0, 0.1) is 0 Å². The molecule has 2 N–H and O–H groups in total. The first-order chi connectivity index (χ1) is 8.38. The van der Waals surface area contributed by atoms with E-state index in [4.69, 9.17) is 5.73 Å². The van der Waals surface area contributed by atoms with Gasteiger partial charge in [-0.3, -0.25) is 4.79 Å². The van der Waals surface area contributed by atoms with Crippen LogP contribution in [0.4, 0.5) is 13.2 Å². The molecule has 0 spiro atoms. The molecule has 94 valence electrons. The fourth-order valence-electron chi connectivity index (χ4n) is 1.24. The van der Waals surface area contributed by atoms with Gasteiger partial charge in [-0.05, 0) is 12.1 Å². The maximum atomic E-state index is 12.3. The molecule has 0 radical (unpaired) electrons. The number of carbonyl (C=O) groups excluding carboxylic acids is 1. The van der Waals surface area contributed by atoms with Gasteiger partial charge in [-0.2, -0.15) is 13.2 Å². The molecule has 1 heterocycles. The zero-order chi connectivity index (χ0) is 13.3. The summed E-state index contributed by atoms with van der Waals surface area (Å²) in [5.41, 5.74) is 4.71. The normalized spacial score (nSPS) is 11.5. The van der Waals surface area contributed by atoms with Gasteiger partial charge in [0.05, 0.1) is 5.56 Å². The van der Waals surface area contributed by atoms with E-state index in [-0.39, 0.29) is 5.01 Å². The number of nitrogens with zero attached hydrogens (tertiary/aromatic N) is 2. The predicted octanol–water partition coefficient (Wildman–Crippen LogP) is 2.32. The highest BCUT2D eigenvalue weighted by atomic mass is 32.1. The minimum absolute atomic E-state index is 0.0184. The van der Waals surface area contributed by atoms with Crippen molar-refractivity contribution in [3.63, 3.8) is 0 Å². The Hall–Kier alpha value is -1.96. The molecule has 18 heavy (non-hydrogen) atoms. The van der Waals surface area contributed by atoms with Crippen molar-refractivity contribution >= 4 is 17.2 Å². The number of amides is 1. The summed E-state index contributed by atoms with van der Waals surface area (Å²) in [7, 11) is 0. The molecule has 0 aliphatic heterocycles. The van der Waals surface area contributed by atoms with Crippen LogP contribution in [0.15, 0.2) is 24.3 Å². The van der Waals surface area contributed by atoms with Crippen LogP contribution in [0.25, 0.3) is 10.6 Å². The van der Waals surface area contributed by atoms with Gasteiger partial charge in [0.2, 0.25) is 5.01 Å². The Morgan fingerprint density at radius 3 is 2.22 bits per heavy atom. The summed E-state index contributed by atoms with van der Waals surface area (Å²) in [6.07, 6.45) is -4.38. The van der Waals surface area contributed by atoms with E-state index in [1.165, 1.54) is 12.1 Å². The van der Waals surface area contributed by atoms with E-state index in [1.807, 2.05) is 0 Å². The molecule has 1 aromatic heterocycles. The third-order valence-corrected chi connectivity index (χ3v) is 3.08. The van der Waals surface area contributed by atoms with E-state index in [1.54, 1.807) is 0 Å². The highest BCUT2D eigenvalue weighted by Crippen LogP contribution is 2.31. The third-order valence-electron chi connectivity index (χ3n) is 2.09. The van der Waals surface area contributed by atoms with Crippen molar-refractivity contribution in [1.29, 1.82) is 0 Å². The first-order valence-electron chi connectivity index (χ1n) is 4.69. The number of aromatic nitrogens is 2. The number of hydrogen-bond acceptors (Lipinski definition) is 4. The van der Waals surface area contributed by atoms with E-state index < -0.39 is 17.6 Å². The fraction of sp³-hybridized carbons (Fsp3) is 0.100. The van der Waals surface area contributed by atoms with E-state index in [9.17, 15) is 18.0 Å². The summed E-state index contributed by atoms with van der Waals surface area (Å²) in [5, 5.41) is 7.58. The second-order valence-corrected chi connectivity index (χ2v) is 4.33. The Labute approximate surface area is 103 Å². The highest BCUT2D eigenvalue weighted by Gasteiger charge is 2.30. The lowest BCUT2D eigenvalue weighted by molar-refractivity contribution is -0.137. The molecular formula is C10H6F3N3OS. The Morgan fingerprint density at radius 2 is 1.78 bits per heavy atom. The predicted molar refractivity (Wildman–Crippen MR) is 58.9 cm³/mol. The number of alkyl halides is 3. The number of nitrogens with two attached hydrogens (primary N) is 1. The Balaban J connectivity index is 2.31. The summed E-state index contributed by atoms with van der Waals surface area (Å²) in [6.45, 7) is 0. The second-order valence-electron chi connectivity index (χ2n) is 3.35. The Bertz CT molecular complexity index is 577. The van der Waals surface area contributed by atoms with Crippen molar-refractivity contribution in [2.24, 2.45) is 5.73 Å². The van der Waals surface area contributed by atoms with Crippen LogP contribution in [0.5, 0.6) is 0 Å². The quantitative estimate of drug-likeness (QED) is 0.913. The minimum atomic E-state index is -4.38. The van der Waals surface area contributed by atoms with E-state index in [0.717, 1.165) is 23.5 Å². The third kappa shape index (κ3) is 2.48. The van der Waals surface area contributed by atoms with Crippen LogP contribution in [0.3, 0.4) is 0 Å². The number of benzene rings is 1. The SMILES string of the molecule is NC(=O)c1nnc(-c2ccc(C(F)(F)F)cc2)s1. The van der Waals surface area contributed by atoms with Gasteiger partial charge in [0, 0.05) is 5.56 Å². The molecule has 0 saturated heterocycles. The van der Waals surface area contributed by atoms with E-state index in [0.29, 0.717) is 10.6 Å². The molecule has 0 fully saturated rings. The Kier molecular flexibility index (Phi) is 3.04. The number of primary amides is 1. The van der Waals surface area contributed by atoms with Crippen molar-refractivity contribution in [3.8, 4) is 10.6 Å². The summed E-state index contributed by atoms with van der Waals surface area (Å²) >= 11 is 0.929. The topological polar surface area (TPSA) is 68.9 Å². The van der Waals surface area contributed by atoms with E-state index >= 15 is 0 Å². The monoisotopic (exact) mass is 273 g/mol. The van der Waals surface area contributed by atoms with Crippen LogP contribution in [-0.4, -0.2) is 16.1 Å². The molecule has 8 heteroatoms. The molecule has 0 atom stereocenters. The fourth-order valence-corrected chi connectivity index (χ4v) is 1.94. The zero-order valence-corrected chi connectivity index (χ0v) is 9.55. The van der Waals surface area contributed by atoms with Crippen molar-refractivity contribution in [2.45, 2.75) is 6.18 Å². The van der Waals surface area contributed by atoms with Gasteiger partial charge in [0.25, 0.3) is 5.91 Å². The van der Waals surface area contributed by atoms with Crippen LogP contribution in [0.1, 0.15) is 15.4 Å². The van der Waals surface area contributed by atoms with Crippen LogP contribution >= 0.6 is 11.3 Å². The molecule has 1 amide bonds. The largest absolute Gasteiger partial charge is 0.416 e. The van der Waals surface area contributed by atoms with Gasteiger partial charge in [0.15, 0.2) is 0 Å². The molecule has 2 rings (SSSR count). The molecule has 4 nitrogen and oxygen atoms in total. The lowest BCUT2D eigenvalue weighted by Gasteiger charge is -2.06. The number of rotatable bonds is 2. The Morgan fingerprint density at radius 1 is 1.17 bits per heavy atom. The van der Waals surface area contributed by atoms with E-state index in [2.05, 4.69) is 10.2 Å². The average Bonchev–Trinajstić information content (AvgIpc) is 2.77. The number of hydrogen-bond donors (Lipinski definition) is 1. The van der Waals surface area contributed by atoms with Gasteiger partial charge in [0.1, 0.15) is 5.01 Å². The molecule has 0 unspecified atom stereocenters. The summed E-state index contributed by atoms with van der Waals surface area (Å²) in [6, 6.07) is 4.43. The molecule has 0 saturated carbocycles. The molecule has 2 aromatic rings. The van der Waals surface area contributed by atoms with Gasteiger partial charge < -0.3 is 5.73 Å². The lowest BCUT2D eigenvalue weighted by atomic mass is 10.1. The smallest absolute Gasteiger partial charge is 0.363 e. The number of carbonyl (C=O) groups is 1. The van der Waals surface area contributed by atoms with Crippen molar-refractivity contribution in [3.05, 3.63) is 34.8 Å². The summed E-state index contributed by atoms with van der Waals surface area (Å²) < 4.78 is 37.0. The first kappa shape index (κ1) is 12.5. The van der Waals surface area contributed by atoms with Crippen molar-refractivity contribution in [2.75, 3.05) is 0 Å². The van der Waals surface area contributed by atoms with Gasteiger partial charge in [-0.25, -0.2) is 0 Å². The molecule has 0 aliphatic rings. The summed E-state index contributed by atoms with van der Waals surface area (Å²) in [4.78, 5) is 10.8. The van der Waals surface area contributed by atoms with Gasteiger partial charge >= 0.3 is 6.18 Å². The molecule has 1 aromatic carbocycles. The summed E-state index contributed by atoms with van der Waals surface area (Å²) in [5.74, 6) is -0.717. The van der Waals surface area contributed by atoms with Gasteiger partial charge in [-0.15, -0.1) is 10.2 Å². The van der Waals surface area contributed by atoms with Gasteiger partial charge in [-0.1, -0.05) is 23.5 Å². The zero-order valence-electron chi connectivity index (χ0n) is 8.73. The standard InChI is InChI=1S/C10H6F3N3OS/c11-10(12,13)6-3-1-5(2-4-6)8-15-16-9(18-8)7(14)17/h1-4H,(H2,14,17). The molecule has 0 aliphatic carbocycles. The van der Waals surface area contributed by atoms with Crippen LogP contribution in [-0.2, 0) is 6.18 Å². The van der Waals surface area contributed by atoms with Crippen LogP contribution in [0.2, 0.25) is 0 Å². The average molecular weight is 273 g/mol. The first-order valence-corrected chi connectivity index (χ1v) is 5.50. The lowest BCUT2D eigenvalue weighted by Crippen LogP contribution is -2.10. The van der Waals surface area contributed by atoms with Crippen LogP contribution < -0.4 is 5.73 Å².